The molecule has 0 aliphatic rings. The molecule has 2 aromatic carbocycles. The van der Waals surface area contributed by atoms with E-state index in [1.165, 1.54) is 0 Å². The highest BCUT2D eigenvalue weighted by molar-refractivity contribution is 5.77. The Kier molecular flexibility index (Phi) is 5.42. The highest BCUT2D eigenvalue weighted by Gasteiger charge is 2.22. The van der Waals surface area contributed by atoms with Crippen LogP contribution in [-0.2, 0) is 11.2 Å². The summed E-state index contributed by atoms with van der Waals surface area (Å²) < 4.78 is 10.8. The minimum atomic E-state index is -0.862. The number of para-hydroxylation sites is 1. The van der Waals surface area contributed by atoms with Crippen molar-refractivity contribution < 1.29 is 19.4 Å². The maximum atomic E-state index is 11.7. The van der Waals surface area contributed by atoms with E-state index in [4.69, 9.17) is 9.47 Å². The van der Waals surface area contributed by atoms with Crippen molar-refractivity contribution in [3.05, 3.63) is 59.7 Å². The third-order valence-corrected chi connectivity index (χ3v) is 3.49. The van der Waals surface area contributed by atoms with Crippen LogP contribution in [0.2, 0.25) is 0 Å². The quantitative estimate of drug-likeness (QED) is 0.850. The fourth-order valence-electron chi connectivity index (χ4n) is 2.43. The van der Waals surface area contributed by atoms with Crippen molar-refractivity contribution in [1.82, 2.24) is 0 Å². The lowest BCUT2D eigenvalue weighted by molar-refractivity contribution is -0.138. The average Bonchev–Trinajstić information content (AvgIpc) is 2.53. The Labute approximate surface area is 130 Å². The Balaban J connectivity index is 2.30. The first-order valence-electron chi connectivity index (χ1n) is 7.23. The Morgan fingerprint density at radius 1 is 1.18 bits per heavy atom. The van der Waals surface area contributed by atoms with Gasteiger partial charge in [0.2, 0.25) is 0 Å². The molecule has 0 aromatic heterocycles. The summed E-state index contributed by atoms with van der Waals surface area (Å²) in [7, 11) is 1.59. The minimum Gasteiger partial charge on any atom is -0.496 e. The summed E-state index contributed by atoms with van der Waals surface area (Å²) in [5.41, 5.74) is 1.60. The van der Waals surface area contributed by atoms with Crippen LogP contribution >= 0.6 is 0 Å². The topological polar surface area (TPSA) is 55.8 Å². The van der Waals surface area contributed by atoms with Gasteiger partial charge in [0.05, 0.1) is 19.6 Å². The van der Waals surface area contributed by atoms with Crippen LogP contribution in [0.4, 0.5) is 0 Å². The van der Waals surface area contributed by atoms with Gasteiger partial charge < -0.3 is 14.6 Å². The van der Waals surface area contributed by atoms with E-state index >= 15 is 0 Å². The van der Waals surface area contributed by atoms with E-state index in [0.717, 1.165) is 11.1 Å². The largest absolute Gasteiger partial charge is 0.496 e. The normalized spacial score (nSPS) is 11.7. The molecule has 1 N–H and O–H groups in total. The second-order valence-electron chi connectivity index (χ2n) is 4.91. The molecule has 4 nitrogen and oxygen atoms in total. The SMILES string of the molecule is CCOc1cccc(C(Cc2ccccc2OC)C(=O)O)c1. The van der Waals surface area contributed by atoms with Crippen LogP contribution in [-0.4, -0.2) is 24.8 Å². The number of methoxy groups -OCH3 is 1. The van der Waals surface area contributed by atoms with Crippen LogP contribution in [0.3, 0.4) is 0 Å². The molecule has 0 heterocycles. The van der Waals surface area contributed by atoms with Crippen LogP contribution < -0.4 is 9.47 Å². The van der Waals surface area contributed by atoms with Crippen molar-refractivity contribution in [2.45, 2.75) is 19.3 Å². The number of aliphatic carboxylic acids is 1. The summed E-state index contributed by atoms with van der Waals surface area (Å²) in [5.74, 6) is -0.114. The number of carbonyl (C=O) groups is 1. The summed E-state index contributed by atoms with van der Waals surface area (Å²) in [6, 6.07) is 14.7. The summed E-state index contributed by atoms with van der Waals surface area (Å²) in [4.78, 5) is 11.7. The summed E-state index contributed by atoms with van der Waals surface area (Å²) in [6.45, 7) is 2.45. The van der Waals surface area contributed by atoms with E-state index in [2.05, 4.69) is 0 Å². The summed E-state index contributed by atoms with van der Waals surface area (Å²) in [6.07, 6.45) is 0.370. The fraction of sp³-hybridized carbons (Fsp3) is 0.278. The van der Waals surface area contributed by atoms with Crippen molar-refractivity contribution >= 4 is 5.97 Å². The van der Waals surface area contributed by atoms with Gasteiger partial charge in [0.15, 0.2) is 0 Å². The van der Waals surface area contributed by atoms with Crippen molar-refractivity contribution in [2.24, 2.45) is 0 Å². The third kappa shape index (κ3) is 3.79. The van der Waals surface area contributed by atoms with E-state index < -0.39 is 11.9 Å². The molecule has 0 bridgehead atoms. The van der Waals surface area contributed by atoms with Crippen molar-refractivity contribution in [1.29, 1.82) is 0 Å². The van der Waals surface area contributed by atoms with E-state index in [1.807, 2.05) is 49.4 Å². The van der Waals surface area contributed by atoms with Crippen LogP contribution in [0.15, 0.2) is 48.5 Å². The average molecular weight is 300 g/mol. The Bertz CT molecular complexity index is 636. The molecule has 0 aliphatic carbocycles. The van der Waals surface area contributed by atoms with Gasteiger partial charge in [-0.3, -0.25) is 4.79 Å². The smallest absolute Gasteiger partial charge is 0.311 e. The van der Waals surface area contributed by atoms with Crippen molar-refractivity contribution in [3.8, 4) is 11.5 Å². The second-order valence-corrected chi connectivity index (χ2v) is 4.91. The summed E-state index contributed by atoms with van der Waals surface area (Å²) in [5, 5.41) is 9.59. The van der Waals surface area contributed by atoms with E-state index in [9.17, 15) is 9.90 Å². The highest BCUT2D eigenvalue weighted by atomic mass is 16.5. The maximum Gasteiger partial charge on any atom is 0.311 e. The van der Waals surface area contributed by atoms with Crippen LogP contribution in [0.1, 0.15) is 24.0 Å². The van der Waals surface area contributed by atoms with Gasteiger partial charge in [0.1, 0.15) is 11.5 Å². The lowest BCUT2D eigenvalue weighted by atomic mass is 9.91. The fourth-order valence-corrected chi connectivity index (χ4v) is 2.43. The van der Waals surface area contributed by atoms with Crippen molar-refractivity contribution in [2.75, 3.05) is 13.7 Å². The molecular formula is C18H20O4. The molecule has 0 aliphatic heterocycles. The van der Waals surface area contributed by atoms with E-state index in [-0.39, 0.29) is 0 Å². The molecule has 22 heavy (non-hydrogen) atoms. The molecule has 0 amide bonds. The molecule has 0 spiro atoms. The predicted molar refractivity (Wildman–Crippen MR) is 84.7 cm³/mol. The lowest BCUT2D eigenvalue weighted by Crippen LogP contribution is -2.15. The second kappa shape index (κ2) is 7.50. The van der Waals surface area contributed by atoms with Gasteiger partial charge in [0, 0.05) is 0 Å². The molecule has 1 atom stereocenters. The predicted octanol–water partition coefficient (Wildman–Crippen LogP) is 3.50. The molecule has 4 heteroatoms. The van der Waals surface area contributed by atoms with Crippen LogP contribution in [0.25, 0.3) is 0 Å². The zero-order chi connectivity index (χ0) is 15.9. The van der Waals surface area contributed by atoms with Gasteiger partial charge in [-0.15, -0.1) is 0 Å². The minimum absolute atomic E-state index is 0.370. The molecular weight excluding hydrogens is 280 g/mol. The van der Waals surface area contributed by atoms with Gasteiger partial charge in [0.25, 0.3) is 0 Å². The number of carboxylic acids is 1. The maximum absolute atomic E-state index is 11.7. The Morgan fingerprint density at radius 3 is 2.64 bits per heavy atom. The number of rotatable bonds is 7. The third-order valence-electron chi connectivity index (χ3n) is 3.49. The van der Waals surface area contributed by atoms with Crippen molar-refractivity contribution in [3.63, 3.8) is 0 Å². The standard InChI is InChI=1S/C18H20O4/c1-3-22-15-9-6-8-13(11-15)16(18(19)20)12-14-7-4-5-10-17(14)21-2/h4-11,16H,3,12H2,1-2H3,(H,19,20). The highest BCUT2D eigenvalue weighted by Crippen LogP contribution is 2.28. The first kappa shape index (κ1) is 15.9. The molecule has 0 saturated heterocycles. The number of hydrogen-bond donors (Lipinski definition) is 1. The zero-order valence-corrected chi connectivity index (χ0v) is 12.8. The van der Waals surface area contributed by atoms with Gasteiger partial charge in [-0.1, -0.05) is 30.3 Å². The van der Waals surface area contributed by atoms with Crippen LogP contribution in [0, 0.1) is 0 Å². The molecule has 116 valence electrons. The van der Waals surface area contributed by atoms with E-state index in [0.29, 0.717) is 24.5 Å². The monoisotopic (exact) mass is 300 g/mol. The molecule has 1 unspecified atom stereocenters. The first-order chi connectivity index (χ1) is 10.7. The Hall–Kier alpha value is -2.49. The zero-order valence-electron chi connectivity index (χ0n) is 12.8. The lowest BCUT2D eigenvalue weighted by Gasteiger charge is -2.16. The number of carboxylic acid groups (broad SMARTS) is 1. The van der Waals surface area contributed by atoms with Gasteiger partial charge in [-0.05, 0) is 42.7 Å². The Morgan fingerprint density at radius 2 is 1.95 bits per heavy atom. The molecule has 0 radical (unpaired) electrons. The van der Waals surface area contributed by atoms with Gasteiger partial charge >= 0.3 is 5.97 Å². The van der Waals surface area contributed by atoms with Gasteiger partial charge in [-0.25, -0.2) is 0 Å². The first-order valence-corrected chi connectivity index (χ1v) is 7.23. The molecule has 0 fully saturated rings. The molecule has 2 rings (SSSR count). The van der Waals surface area contributed by atoms with Gasteiger partial charge in [-0.2, -0.15) is 0 Å². The number of hydrogen-bond acceptors (Lipinski definition) is 3. The molecule has 0 saturated carbocycles. The number of benzene rings is 2. The summed E-state index contributed by atoms with van der Waals surface area (Å²) >= 11 is 0. The number of ether oxygens (including phenoxy) is 2. The van der Waals surface area contributed by atoms with E-state index in [1.54, 1.807) is 13.2 Å². The molecule has 2 aromatic rings. The van der Waals surface area contributed by atoms with Crippen LogP contribution in [0.5, 0.6) is 11.5 Å².